The number of benzene rings is 1. The van der Waals surface area contributed by atoms with Crippen molar-refractivity contribution in [1.29, 1.82) is 0 Å². The number of nitrogens with zero attached hydrogens (tertiary/aromatic N) is 1. The van der Waals surface area contributed by atoms with Gasteiger partial charge in [-0.2, -0.15) is 0 Å². The van der Waals surface area contributed by atoms with Gasteiger partial charge >= 0.3 is 0 Å². The van der Waals surface area contributed by atoms with Crippen molar-refractivity contribution in [3.63, 3.8) is 0 Å². The molecule has 0 aliphatic carbocycles. The van der Waals surface area contributed by atoms with Crippen molar-refractivity contribution in [2.75, 3.05) is 41.5 Å². The number of hydrogen-bond donors (Lipinski definition) is 3. The Labute approximate surface area is 154 Å². The minimum absolute atomic E-state index is 0. The summed E-state index contributed by atoms with van der Waals surface area (Å²) in [6.07, 6.45) is 0.901. The summed E-state index contributed by atoms with van der Waals surface area (Å²) in [5, 5.41) is 16.3. The molecule has 1 aromatic carbocycles. The average molecular weight is 439 g/mol. The summed E-state index contributed by atoms with van der Waals surface area (Å²) >= 11 is 0. The van der Waals surface area contributed by atoms with Gasteiger partial charge < -0.3 is 30.0 Å². The third kappa shape index (κ3) is 7.12. The lowest BCUT2D eigenvalue weighted by Gasteiger charge is -2.14. The minimum atomic E-state index is -0.00387. The molecule has 132 valence electrons. The van der Waals surface area contributed by atoms with Gasteiger partial charge in [-0.05, 0) is 24.1 Å². The molecule has 7 nitrogen and oxygen atoms in total. The lowest BCUT2D eigenvalue weighted by Crippen LogP contribution is -2.37. The second-order valence-corrected chi connectivity index (χ2v) is 4.55. The lowest BCUT2D eigenvalue weighted by atomic mass is 10.2. The molecule has 0 saturated heterocycles. The first-order valence-corrected chi connectivity index (χ1v) is 7.03. The van der Waals surface area contributed by atoms with Gasteiger partial charge in [0.2, 0.25) is 5.75 Å². The van der Waals surface area contributed by atoms with Crippen LogP contribution >= 0.6 is 24.0 Å². The Kier molecular flexibility index (Phi) is 11.3. The third-order valence-electron chi connectivity index (χ3n) is 3.04. The summed E-state index contributed by atoms with van der Waals surface area (Å²) in [6, 6.07) is 3.51. The van der Waals surface area contributed by atoms with Gasteiger partial charge in [0.25, 0.3) is 0 Å². The number of methoxy groups -OCH3 is 3. The number of halogens is 1. The van der Waals surface area contributed by atoms with Gasteiger partial charge in [-0.25, -0.2) is 0 Å². The summed E-state index contributed by atoms with van der Waals surface area (Å²) < 4.78 is 15.3. The predicted molar refractivity (Wildman–Crippen MR) is 101 cm³/mol. The fourth-order valence-electron chi connectivity index (χ4n) is 1.88. The van der Waals surface area contributed by atoms with Crippen LogP contribution in [0.4, 0.5) is 0 Å². The van der Waals surface area contributed by atoms with E-state index in [4.69, 9.17) is 14.2 Å². The molecule has 8 heteroatoms. The molecule has 1 rings (SSSR count). The number of aromatic hydroxyl groups is 1. The van der Waals surface area contributed by atoms with Crippen molar-refractivity contribution >= 4 is 29.9 Å². The number of rotatable bonds is 8. The van der Waals surface area contributed by atoms with Crippen LogP contribution in [0.1, 0.15) is 12.0 Å². The Bertz CT molecular complexity index is 473. The molecule has 0 amide bonds. The lowest BCUT2D eigenvalue weighted by molar-refractivity contribution is 0.195. The molecular weight excluding hydrogens is 413 g/mol. The Hall–Kier alpha value is -1.42. The molecular formula is C15H26IN3O4. The minimum Gasteiger partial charge on any atom is -0.502 e. The van der Waals surface area contributed by atoms with Gasteiger partial charge in [-0.15, -0.1) is 24.0 Å². The van der Waals surface area contributed by atoms with E-state index in [1.165, 1.54) is 14.2 Å². The fourth-order valence-corrected chi connectivity index (χ4v) is 1.88. The Morgan fingerprint density at radius 3 is 2.22 bits per heavy atom. The molecule has 1 aromatic rings. The monoisotopic (exact) mass is 439 g/mol. The van der Waals surface area contributed by atoms with Crippen LogP contribution in [0, 0.1) is 0 Å². The van der Waals surface area contributed by atoms with E-state index in [-0.39, 0.29) is 29.7 Å². The number of nitrogens with one attached hydrogen (secondary N) is 2. The van der Waals surface area contributed by atoms with Crippen LogP contribution in [-0.4, -0.2) is 52.6 Å². The second-order valence-electron chi connectivity index (χ2n) is 4.55. The van der Waals surface area contributed by atoms with Crippen LogP contribution in [0.25, 0.3) is 0 Å². The molecule has 0 aliphatic rings. The number of phenols is 1. The summed E-state index contributed by atoms with van der Waals surface area (Å²) in [4.78, 5) is 4.15. The molecule has 0 radical (unpaired) electrons. The Morgan fingerprint density at radius 1 is 1.13 bits per heavy atom. The number of guanidine groups is 1. The maximum Gasteiger partial charge on any atom is 0.200 e. The van der Waals surface area contributed by atoms with Crippen molar-refractivity contribution in [2.24, 2.45) is 4.99 Å². The zero-order valence-electron chi connectivity index (χ0n) is 14.0. The molecule has 0 aliphatic heterocycles. The molecule has 0 unspecified atom stereocenters. The van der Waals surface area contributed by atoms with Gasteiger partial charge in [0.15, 0.2) is 17.5 Å². The van der Waals surface area contributed by atoms with E-state index in [1.54, 1.807) is 26.3 Å². The molecule has 0 aromatic heterocycles. The molecule has 0 saturated carbocycles. The average Bonchev–Trinajstić information content (AvgIpc) is 2.55. The first-order valence-electron chi connectivity index (χ1n) is 7.03. The number of ether oxygens (including phenoxy) is 3. The second kappa shape index (κ2) is 12.1. The van der Waals surface area contributed by atoms with Gasteiger partial charge in [0.05, 0.1) is 14.2 Å². The van der Waals surface area contributed by atoms with Crippen molar-refractivity contribution in [2.45, 2.75) is 13.0 Å². The topological polar surface area (TPSA) is 84.3 Å². The quantitative estimate of drug-likeness (QED) is 0.248. The highest BCUT2D eigenvalue weighted by Crippen LogP contribution is 2.36. The van der Waals surface area contributed by atoms with Crippen molar-refractivity contribution in [3.8, 4) is 17.2 Å². The highest BCUT2D eigenvalue weighted by molar-refractivity contribution is 14.0. The van der Waals surface area contributed by atoms with Gasteiger partial charge in [0.1, 0.15) is 0 Å². The summed E-state index contributed by atoms with van der Waals surface area (Å²) in [7, 11) is 6.40. The van der Waals surface area contributed by atoms with E-state index in [0.717, 1.165) is 18.5 Å². The van der Waals surface area contributed by atoms with E-state index in [9.17, 15) is 5.11 Å². The number of hydrogen-bond acceptors (Lipinski definition) is 5. The van der Waals surface area contributed by atoms with Crippen molar-refractivity contribution in [1.82, 2.24) is 10.6 Å². The third-order valence-corrected chi connectivity index (χ3v) is 3.04. The highest BCUT2D eigenvalue weighted by atomic mass is 127. The van der Waals surface area contributed by atoms with Crippen LogP contribution in [0.2, 0.25) is 0 Å². The zero-order valence-corrected chi connectivity index (χ0v) is 16.3. The highest BCUT2D eigenvalue weighted by Gasteiger charge is 2.11. The fraction of sp³-hybridized carbons (Fsp3) is 0.533. The Morgan fingerprint density at radius 2 is 1.74 bits per heavy atom. The molecule has 23 heavy (non-hydrogen) atoms. The molecule has 0 heterocycles. The van der Waals surface area contributed by atoms with E-state index < -0.39 is 0 Å². The first-order chi connectivity index (χ1) is 10.7. The standard InChI is InChI=1S/C15H25N3O4.HI/c1-16-15(17-6-5-7-20-2)18-10-11-8-12(21-3)14(19)13(9-11)22-4;/h8-9,19H,5-7,10H2,1-4H3,(H2,16,17,18);1H. The maximum absolute atomic E-state index is 9.89. The smallest absolute Gasteiger partial charge is 0.200 e. The van der Waals surface area contributed by atoms with Gasteiger partial charge in [-0.3, -0.25) is 4.99 Å². The maximum atomic E-state index is 9.89. The van der Waals surface area contributed by atoms with E-state index in [2.05, 4.69) is 15.6 Å². The normalized spacial score (nSPS) is 10.7. The molecule has 0 spiro atoms. The van der Waals surface area contributed by atoms with E-state index in [0.29, 0.717) is 30.6 Å². The van der Waals surface area contributed by atoms with Crippen molar-refractivity contribution < 1.29 is 19.3 Å². The first kappa shape index (κ1) is 21.6. The van der Waals surface area contributed by atoms with Crippen molar-refractivity contribution in [3.05, 3.63) is 17.7 Å². The zero-order chi connectivity index (χ0) is 16.4. The predicted octanol–water partition coefficient (Wildman–Crippen LogP) is 1.73. The number of phenolic OH excluding ortho intramolecular Hbond substituents is 1. The molecule has 0 bridgehead atoms. The molecule has 0 atom stereocenters. The van der Waals surface area contributed by atoms with Crippen LogP contribution in [0.3, 0.4) is 0 Å². The van der Waals surface area contributed by atoms with E-state index >= 15 is 0 Å². The SMILES string of the molecule is CN=C(NCCCOC)NCc1cc(OC)c(O)c(OC)c1.I. The molecule has 3 N–H and O–H groups in total. The van der Waals surface area contributed by atoms with Gasteiger partial charge in [-0.1, -0.05) is 0 Å². The summed E-state index contributed by atoms with van der Waals surface area (Å²) in [6.45, 7) is 2.00. The summed E-state index contributed by atoms with van der Waals surface area (Å²) in [5.41, 5.74) is 0.909. The molecule has 0 fully saturated rings. The Balaban J connectivity index is 0.00000484. The largest absolute Gasteiger partial charge is 0.502 e. The van der Waals surface area contributed by atoms with Crippen LogP contribution in [0.15, 0.2) is 17.1 Å². The van der Waals surface area contributed by atoms with E-state index in [1.807, 2.05) is 0 Å². The summed E-state index contributed by atoms with van der Waals surface area (Å²) in [5.74, 6) is 1.44. The van der Waals surface area contributed by atoms with Crippen LogP contribution in [-0.2, 0) is 11.3 Å². The van der Waals surface area contributed by atoms with Crippen LogP contribution < -0.4 is 20.1 Å². The number of aliphatic imine (C=N–C) groups is 1. The van der Waals surface area contributed by atoms with Gasteiger partial charge in [0, 0.05) is 33.9 Å². The van der Waals surface area contributed by atoms with Crippen LogP contribution in [0.5, 0.6) is 17.2 Å².